The predicted molar refractivity (Wildman–Crippen MR) is 153 cm³/mol. The van der Waals surface area contributed by atoms with Gasteiger partial charge >= 0.3 is 22.2 Å². The van der Waals surface area contributed by atoms with Gasteiger partial charge < -0.3 is 23.5 Å². The molecule has 0 amide bonds. The van der Waals surface area contributed by atoms with Crippen molar-refractivity contribution in [2.45, 2.75) is 72.1 Å². The van der Waals surface area contributed by atoms with E-state index < -0.39 is 73.7 Å². The Kier molecular flexibility index (Phi) is 12.8. The van der Waals surface area contributed by atoms with E-state index in [4.69, 9.17) is 22.6 Å². The highest BCUT2D eigenvalue weighted by molar-refractivity contribution is 7.87. The minimum absolute atomic E-state index is 0.0768. The average molecular weight is 631 g/mol. The van der Waals surface area contributed by atoms with E-state index in [-0.39, 0.29) is 18.8 Å². The molecule has 42 heavy (non-hydrogen) atoms. The van der Waals surface area contributed by atoms with Crippen molar-refractivity contribution in [1.82, 2.24) is 0 Å². The third-order valence-electron chi connectivity index (χ3n) is 5.94. The maximum absolute atomic E-state index is 13.1. The van der Waals surface area contributed by atoms with Gasteiger partial charge in [0.2, 0.25) is 0 Å². The van der Waals surface area contributed by atoms with Crippen LogP contribution in [0, 0.1) is 5.41 Å². The highest BCUT2D eigenvalue weighted by Gasteiger charge is 2.49. The topological polar surface area (TPSA) is 169 Å². The SMILES string of the molecule is CC(C)OC(=O)OC(C)C(OS(=O)(=O)CCCS(=O)(=O)Oc1ccccc1)C(C)(C)[C@@H](OCc1ccccc1)C(=O)O. The summed E-state index contributed by atoms with van der Waals surface area (Å²) in [6.45, 7) is 7.21. The molecule has 2 aromatic carbocycles. The lowest BCUT2D eigenvalue weighted by Crippen LogP contribution is -2.53. The van der Waals surface area contributed by atoms with Crippen LogP contribution in [0.25, 0.3) is 0 Å². The first-order valence-electron chi connectivity index (χ1n) is 13.2. The van der Waals surface area contributed by atoms with Gasteiger partial charge in [-0.15, -0.1) is 0 Å². The van der Waals surface area contributed by atoms with Crippen LogP contribution in [-0.4, -0.2) is 70.0 Å². The third kappa shape index (κ3) is 11.6. The van der Waals surface area contributed by atoms with Gasteiger partial charge in [0, 0.05) is 5.41 Å². The fraction of sp³-hybridized carbons (Fsp3) is 0.500. The molecule has 0 aromatic heterocycles. The quantitative estimate of drug-likeness (QED) is 0.196. The molecule has 2 unspecified atom stereocenters. The minimum Gasteiger partial charge on any atom is -0.479 e. The van der Waals surface area contributed by atoms with Crippen molar-refractivity contribution in [3.63, 3.8) is 0 Å². The molecule has 0 radical (unpaired) electrons. The van der Waals surface area contributed by atoms with Crippen molar-refractivity contribution in [3.05, 3.63) is 66.2 Å². The van der Waals surface area contributed by atoms with E-state index in [9.17, 15) is 31.5 Å². The zero-order chi connectivity index (χ0) is 31.6. The van der Waals surface area contributed by atoms with Crippen molar-refractivity contribution < 1.29 is 54.1 Å². The number of hydrogen-bond donors (Lipinski definition) is 1. The Labute approximate surface area is 247 Å². The van der Waals surface area contributed by atoms with Crippen molar-refractivity contribution in [3.8, 4) is 5.75 Å². The highest BCUT2D eigenvalue weighted by Crippen LogP contribution is 2.35. The number of rotatable bonds is 17. The molecule has 0 bridgehead atoms. The second kappa shape index (κ2) is 15.3. The van der Waals surface area contributed by atoms with Crippen molar-refractivity contribution >= 4 is 32.4 Å². The normalized spacial score (nSPS) is 14.5. The van der Waals surface area contributed by atoms with Gasteiger partial charge in [-0.2, -0.15) is 16.8 Å². The van der Waals surface area contributed by atoms with Gasteiger partial charge in [0.25, 0.3) is 10.1 Å². The number of para-hydroxylation sites is 1. The minimum atomic E-state index is -4.49. The molecule has 2 rings (SSSR count). The van der Waals surface area contributed by atoms with Crippen LogP contribution in [0.4, 0.5) is 4.79 Å². The fourth-order valence-electron chi connectivity index (χ4n) is 4.03. The summed E-state index contributed by atoms with van der Waals surface area (Å²) >= 11 is 0. The highest BCUT2D eigenvalue weighted by atomic mass is 32.2. The molecule has 2 aromatic rings. The summed E-state index contributed by atoms with van der Waals surface area (Å²) in [7, 11) is -8.61. The molecule has 0 spiro atoms. The number of ether oxygens (including phenoxy) is 3. The zero-order valence-corrected chi connectivity index (χ0v) is 25.8. The second-order valence-electron chi connectivity index (χ2n) is 10.4. The van der Waals surface area contributed by atoms with Crippen molar-refractivity contribution in [2.24, 2.45) is 5.41 Å². The molecule has 1 N–H and O–H groups in total. The van der Waals surface area contributed by atoms with Gasteiger partial charge in [-0.05, 0) is 44.9 Å². The standard InChI is InChI=1S/C28H38O12S2/c1-20(2)37-27(31)38-21(3)24(28(4,5)25(26(29)30)36-19-22-13-8-6-9-14-22)40-42(34,35)18-12-17-41(32,33)39-23-15-10-7-11-16-23/h6-11,13-16,20-21,24-25H,12,17-19H2,1-5H3,(H,29,30)/t21?,24?,25-/m0/s1. The Morgan fingerprint density at radius 1 is 0.833 bits per heavy atom. The van der Waals surface area contributed by atoms with Gasteiger partial charge in [0.05, 0.1) is 24.2 Å². The largest absolute Gasteiger partial charge is 0.508 e. The number of aliphatic carboxylic acids is 1. The lowest BCUT2D eigenvalue weighted by molar-refractivity contribution is -0.172. The summed E-state index contributed by atoms with van der Waals surface area (Å²) < 4.78 is 77.1. The summed E-state index contributed by atoms with van der Waals surface area (Å²) in [5.41, 5.74) is -0.929. The van der Waals surface area contributed by atoms with Crippen molar-refractivity contribution in [1.29, 1.82) is 0 Å². The molecule has 0 heterocycles. The Morgan fingerprint density at radius 3 is 1.93 bits per heavy atom. The van der Waals surface area contributed by atoms with Gasteiger partial charge in [-0.25, -0.2) is 9.59 Å². The molecule has 0 saturated heterocycles. The molecule has 0 aliphatic rings. The van der Waals surface area contributed by atoms with Crippen LogP contribution in [0.5, 0.6) is 5.75 Å². The molecule has 3 atom stereocenters. The summed E-state index contributed by atoms with van der Waals surface area (Å²) in [5.74, 6) is -2.71. The van der Waals surface area contributed by atoms with Crippen LogP contribution >= 0.6 is 0 Å². The molecule has 234 valence electrons. The van der Waals surface area contributed by atoms with Gasteiger partial charge in [-0.1, -0.05) is 62.4 Å². The first-order chi connectivity index (χ1) is 19.5. The van der Waals surface area contributed by atoms with Crippen LogP contribution in [0.1, 0.15) is 46.6 Å². The average Bonchev–Trinajstić information content (AvgIpc) is 2.87. The second-order valence-corrected chi connectivity index (χ2v) is 13.8. The Balaban J connectivity index is 2.24. The van der Waals surface area contributed by atoms with Gasteiger partial charge in [0.15, 0.2) is 6.10 Å². The van der Waals surface area contributed by atoms with Crippen molar-refractivity contribution in [2.75, 3.05) is 11.5 Å². The third-order valence-corrected chi connectivity index (χ3v) is 8.46. The number of carboxylic acid groups (broad SMARTS) is 1. The van der Waals surface area contributed by atoms with Crippen LogP contribution in [0.2, 0.25) is 0 Å². The number of hydrogen-bond acceptors (Lipinski definition) is 11. The number of carbonyl (C=O) groups excluding carboxylic acids is 1. The maximum Gasteiger partial charge on any atom is 0.508 e. The molecule has 0 aliphatic heterocycles. The van der Waals surface area contributed by atoms with Crippen LogP contribution in [-0.2, 0) is 50.0 Å². The Morgan fingerprint density at radius 2 is 1.38 bits per heavy atom. The molecular weight excluding hydrogens is 592 g/mol. The van der Waals surface area contributed by atoms with Gasteiger partial charge in [0.1, 0.15) is 18.0 Å². The maximum atomic E-state index is 13.1. The lowest BCUT2D eigenvalue weighted by Gasteiger charge is -2.40. The van der Waals surface area contributed by atoms with E-state index in [0.29, 0.717) is 5.56 Å². The Hall–Kier alpha value is -3.20. The zero-order valence-electron chi connectivity index (χ0n) is 24.2. The fourth-order valence-corrected chi connectivity index (χ4v) is 6.51. The summed E-state index contributed by atoms with van der Waals surface area (Å²) in [5, 5.41) is 10.0. The van der Waals surface area contributed by atoms with Crippen LogP contribution in [0.3, 0.4) is 0 Å². The lowest BCUT2D eigenvalue weighted by atomic mass is 9.78. The molecule has 0 fully saturated rings. The van der Waals surface area contributed by atoms with E-state index in [1.165, 1.54) is 32.9 Å². The molecule has 12 nitrogen and oxygen atoms in total. The van der Waals surface area contributed by atoms with Crippen LogP contribution < -0.4 is 4.18 Å². The Bertz CT molecular complexity index is 1360. The molecule has 0 aliphatic carbocycles. The van der Waals surface area contributed by atoms with Gasteiger partial charge in [-0.3, -0.25) is 4.18 Å². The van der Waals surface area contributed by atoms with Crippen LogP contribution in [0.15, 0.2) is 60.7 Å². The molecule has 0 saturated carbocycles. The smallest absolute Gasteiger partial charge is 0.479 e. The molecule has 14 heteroatoms. The first-order valence-corrected chi connectivity index (χ1v) is 16.3. The number of carbonyl (C=O) groups is 2. The predicted octanol–water partition coefficient (Wildman–Crippen LogP) is 4.15. The van der Waals surface area contributed by atoms with E-state index >= 15 is 0 Å². The van der Waals surface area contributed by atoms with E-state index in [1.54, 1.807) is 62.4 Å². The number of benzene rings is 2. The van der Waals surface area contributed by atoms with E-state index in [0.717, 1.165) is 0 Å². The van der Waals surface area contributed by atoms with E-state index in [1.807, 2.05) is 0 Å². The van der Waals surface area contributed by atoms with E-state index in [2.05, 4.69) is 0 Å². The number of carboxylic acids is 1. The monoisotopic (exact) mass is 630 g/mol. The summed E-state index contributed by atoms with van der Waals surface area (Å²) in [6, 6.07) is 16.5. The molecular formula is C28H38O12S2. The summed E-state index contributed by atoms with van der Waals surface area (Å²) in [6.07, 6.45) is -6.54. The summed E-state index contributed by atoms with van der Waals surface area (Å²) in [4.78, 5) is 24.5. The first kappa shape index (κ1) is 35.0.